The number of amides is 2. The molecule has 2 N–H and O–H groups in total. The molecule has 0 bridgehead atoms. The van der Waals surface area contributed by atoms with Crippen LogP contribution in [0.2, 0.25) is 0 Å². The molecule has 0 saturated heterocycles. The summed E-state index contributed by atoms with van der Waals surface area (Å²) in [6.45, 7) is 0.340. The van der Waals surface area contributed by atoms with E-state index in [1.807, 2.05) is 6.07 Å². The highest BCUT2D eigenvalue weighted by molar-refractivity contribution is 5.92. The van der Waals surface area contributed by atoms with Gasteiger partial charge in [-0.25, -0.2) is 9.59 Å². The third-order valence-electron chi connectivity index (χ3n) is 4.06. The standard InChI is InChI=1S/C17H24N2O4/c1-22-15-9-8-12(10-14(15)16(20)23-2)11-18-17(21)19-13-6-4-3-5-7-13/h8-10,13H,3-7,11H2,1-2H3,(H2,18,19,21). The number of rotatable bonds is 5. The van der Waals surface area contributed by atoms with Gasteiger partial charge in [-0.2, -0.15) is 0 Å². The van der Waals surface area contributed by atoms with Crippen LogP contribution in [0.1, 0.15) is 48.0 Å². The van der Waals surface area contributed by atoms with E-state index in [1.165, 1.54) is 33.5 Å². The molecule has 2 amide bonds. The molecular weight excluding hydrogens is 296 g/mol. The van der Waals surface area contributed by atoms with E-state index < -0.39 is 5.97 Å². The number of hydrogen-bond donors (Lipinski definition) is 2. The minimum Gasteiger partial charge on any atom is -0.496 e. The Hall–Kier alpha value is -2.24. The number of ether oxygens (including phenoxy) is 2. The van der Waals surface area contributed by atoms with E-state index in [-0.39, 0.29) is 12.1 Å². The van der Waals surface area contributed by atoms with Crippen LogP contribution in [-0.2, 0) is 11.3 Å². The van der Waals surface area contributed by atoms with Gasteiger partial charge in [0, 0.05) is 12.6 Å². The van der Waals surface area contributed by atoms with Crippen LogP contribution in [-0.4, -0.2) is 32.3 Å². The molecule has 0 radical (unpaired) electrons. The van der Waals surface area contributed by atoms with Crippen molar-refractivity contribution in [3.63, 3.8) is 0 Å². The monoisotopic (exact) mass is 320 g/mol. The molecule has 1 aromatic carbocycles. The van der Waals surface area contributed by atoms with Gasteiger partial charge in [0.25, 0.3) is 0 Å². The highest BCUT2D eigenvalue weighted by atomic mass is 16.5. The molecule has 126 valence electrons. The van der Waals surface area contributed by atoms with Gasteiger partial charge in [0.15, 0.2) is 0 Å². The molecule has 1 saturated carbocycles. The normalized spacial score (nSPS) is 14.9. The fraction of sp³-hybridized carbons (Fsp3) is 0.529. The van der Waals surface area contributed by atoms with E-state index in [9.17, 15) is 9.59 Å². The molecule has 0 aliphatic heterocycles. The van der Waals surface area contributed by atoms with Crippen molar-refractivity contribution >= 4 is 12.0 Å². The third kappa shape index (κ3) is 4.87. The number of nitrogens with one attached hydrogen (secondary N) is 2. The number of esters is 1. The second-order valence-corrected chi connectivity index (χ2v) is 5.69. The number of methoxy groups -OCH3 is 2. The van der Waals surface area contributed by atoms with Gasteiger partial charge in [0.2, 0.25) is 0 Å². The molecule has 6 heteroatoms. The highest BCUT2D eigenvalue weighted by Crippen LogP contribution is 2.21. The van der Waals surface area contributed by atoms with Crippen molar-refractivity contribution in [3.8, 4) is 5.75 Å². The van der Waals surface area contributed by atoms with Crippen LogP contribution in [0, 0.1) is 0 Å². The molecule has 1 fully saturated rings. The van der Waals surface area contributed by atoms with Crippen molar-refractivity contribution in [2.24, 2.45) is 0 Å². The van der Waals surface area contributed by atoms with Gasteiger partial charge < -0.3 is 20.1 Å². The topological polar surface area (TPSA) is 76.7 Å². The maximum Gasteiger partial charge on any atom is 0.341 e. The first kappa shape index (κ1) is 17.1. The molecule has 23 heavy (non-hydrogen) atoms. The Labute approximate surface area is 136 Å². The van der Waals surface area contributed by atoms with E-state index >= 15 is 0 Å². The minimum absolute atomic E-state index is 0.174. The van der Waals surface area contributed by atoms with Crippen molar-refractivity contribution in [2.45, 2.75) is 44.7 Å². The summed E-state index contributed by atoms with van der Waals surface area (Å²) < 4.78 is 9.89. The molecule has 1 aliphatic carbocycles. The molecule has 0 aromatic heterocycles. The van der Waals surface area contributed by atoms with Crippen molar-refractivity contribution in [1.82, 2.24) is 10.6 Å². The lowest BCUT2D eigenvalue weighted by molar-refractivity contribution is 0.0597. The summed E-state index contributed by atoms with van der Waals surface area (Å²) in [6, 6.07) is 5.28. The van der Waals surface area contributed by atoms with Crippen molar-refractivity contribution in [1.29, 1.82) is 0 Å². The molecule has 0 spiro atoms. The van der Waals surface area contributed by atoms with Crippen LogP contribution in [0.15, 0.2) is 18.2 Å². The van der Waals surface area contributed by atoms with Crippen LogP contribution >= 0.6 is 0 Å². The van der Waals surface area contributed by atoms with Crippen molar-refractivity contribution in [3.05, 3.63) is 29.3 Å². The third-order valence-corrected chi connectivity index (χ3v) is 4.06. The Bertz CT molecular complexity index is 554. The van der Waals surface area contributed by atoms with Crippen LogP contribution < -0.4 is 15.4 Å². The summed E-state index contributed by atoms with van der Waals surface area (Å²) in [6.07, 6.45) is 5.69. The highest BCUT2D eigenvalue weighted by Gasteiger charge is 2.16. The zero-order valence-corrected chi connectivity index (χ0v) is 13.7. The summed E-state index contributed by atoms with van der Waals surface area (Å²) in [5, 5.41) is 5.82. The van der Waals surface area contributed by atoms with Crippen LogP contribution in [0.5, 0.6) is 5.75 Å². The van der Waals surface area contributed by atoms with E-state index in [0.29, 0.717) is 17.9 Å². The Kier molecular flexibility index (Phi) is 6.26. The largest absolute Gasteiger partial charge is 0.496 e. The quantitative estimate of drug-likeness (QED) is 0.818. The van der Waals surface area contributed by atoms with E-state index in [0.717, 1.165) is 18.4 Å². The fourth-order valence-corrected chi connectivity index (χ4v) is 2.80. The first-order chi connectivity index (χ1) is 11.1. The molecule has 6 nitrogen and oxygen atoms in total. The predicted molar refractivity (Wildman–Crippen MR) is 86.6 cm³/mol. The summed E-state index contributed by atoms with van der Waals surface area (Å²) in [4.78, 5) is 23.7. The Morgan fingerprint density at radius 3 is 2.57 bits per heavy atom. The SMILES string of the molecule is COC(=O)c1cc(CNC(=O)NC2CCCCC2)ccc1OC. The van der Waals surface area contributed by atoms with Gasteiger partial charge >= 0.3 is 12.0 Å². The number of carbonyl (C=O) groups is 2. The lowest BCUT2D eigenvalue weighted by Crippen LogP contribution is -2.42. The van der Waals surface area contributed by atoms with Gasteiger partial charge in [-0.3, -0.25) is 0 Å². The number of carbonyl (C=O) groups excluding carboxylic acids is 2. The second-order valence-electron chi connectivity index (χ2n) is 5.69. The zero-order chi connectivity index (χ0) is 16.7. The minimum atomic E-state index is -0.463. The van der Waals surface area contributed by atoms with Gasteiger partial charge in [0.05, 0.1) is 14.2 Å². The Balaban J connectivity index is 1.91. The summed E-state index contributed by atoms with van der Waals surface area (Å²) in [5.74, 6) is -0.0115. The molecule has 0 heterocycles. The number of benzene rings is 1. The molecule has 0 atom stereocenters. The van der Waals surface area contributed by atoms with Crippen LogP contribution in [0.3, 0.4) is 0 Å². The summed E-state index contributed by atoms with van der Waals surface area (Å²) >= 11 is 0. The van der Waals surface area contributed by atoms with E-state index in [2.05, 4.69) is 10.6 Å². The number of hydrogen-bond acceptors (Lipinski definition) is 4. The van der Waals surface area contributed by atoms with E-state index in [4.69, 9.17) is 9.47 Å². The van der Waals surface area contributed by atoms with Gasteiger partial charge in [0.1, 0.15) is 11.3 Å². The van der Waals surface area contributed by atoms with Gasteiger partial charge in [-0.15, -0.1) is 0 Å². The van der Waals surface area contributed by atoms with Crippen LogP contribution in [0.25, 0.3) is 0 Å². The maximum atomic E-state index is 11.9. The molecule has 0 unspecified atom stereocenters. The smallest absolute Gasteiger partial charge is 0.341 e. The average molecular weight is 320 g/mol. The summed E-state index contributed by atoms with van der Waals surface area (Å²) in [7, 11) is 2.82. The average Bonchev–Trinajstić information content (AvgIpc) is 2.60. The Morgan fingerprint density at radius 2 is 1.91 bits per heavy atom. The molecule has 2 rings (SSSR count). The van der Waals surface area contributed by atoms with Gasteiger partial charge in [-0.05, 0) is 30.5 Å². The predicted octanol–water partition coefficient (Wildman–Crippen LogP) is 2.61. The maximum absolute atomic E-state index is 11.9. The van der Waals surface area contributed by atoms with Crippen molar-refractivity contribution < 1.29 is 19.1 Å². The molecule has 1 aromatic rings. The summed E-state index contributed by atoms with van der Waals surface area (Å²) in [5.41, 5.74) is 1.16. The van der Waals surface area contributed by atoms with Crippen LogP contribution in [0.4, 0.5) is 4.79 Å². The van der Waals surface area contributed by atoms with E-state index in [1.54, 1.807) is 12.1 Å². The first-order valence-electron chi connectivity index (χ1n) is 7.93. The fourth-order valence-electron chi connectivity index (χ4n) is 2.80. The zero-order valence-electron chi connectivity index (χ0n) is 13.7. The number of urea groups is 1. The van der Waals surface area contributed by atoms with Crippen molar-refractivity contribution in [2.75, 3.05) is 14.2 Å². The Morgan fingerprint density at radius 1 is 1.17 bits per heavy atom. The van der Waals surface area contributed by atoms with Gasteiger partial charge in [-0.1, -0.05) is 25.3 Å². The second kappa shape index (κ2) is 8.41. The first-order valence-corrected chi connectivity index (χ1v) is 7.93. The molecule has 1 aliphatic rings. The lowest BCUT2D eigenvalue weighted by Gasteiger charge is -2.22. The lowest BCUT2D eigenvalue weighted by atomic mass is 9.96. The molecular formula is C17H24N2O4.